The van der Waals surface area contributed by atoms with Gasteiger partial charge >= 0.3 is 0 Å². The quantitative estimate of drug-likeness (QED) is 0.130. The lowest BCUT2D eigenvalue weighted by Gasteiger charge is -2.24. The molecule has 0 bridgehead atoms. The molecule has 244 valence electrons. The van der Waals surface area contributed by atoms with Crippen molar-refractivity contribution < 1.29 is 9.47 Å². The number of allylic oxidation sites excluding steroid dienone is 4. The van der Waals surface area contributed by atoms with Gasteiger partial charge in [0.1, 0.15) is 23.0 Å². The van der Waals surface area contributed by atoms with Gasteiger partial charge in [0.25, 0.3) is 0 Å². The van der Waals surface area contributed by atoms with Crippen molar-refractivity contribution in [3.8, 4) is 23.0 Å². The summed E-state index contributed by atoms with van der Waals surface area (Å²) in [7, 11) is 0. The first-order chi connectivity index (χ1) is 22.5. The van der Waals surface area contributed by atoms with Gasteiger partial charge in [-0.15, -0.1) is 26.3 Å². The molecule has 4 rings (SSSR count). The van der Waals surface area contributed by atoms with Crippen LogP contribution in [0.1, 0.15) is 77.9 Å². The van der Waals surface area contributed by atoms with Gasteiger partial charge in [-0.25, -0.2) is 0 Å². The highest BCUT2D eigenvalue weighted by Crippen LogP contribution is 2.41. The van der Waals surface area contributed by atoms with E-state index in [2.05, 4.69) is 118 Å². The molecule has 0 radical (unpaired) electrons. The lowest BCUT2D eigenvalue weighted by Crippen LogP contribution is -2.07. The van der Waals surface area contributed by atoms with E-state index in [0.717, 1.165) is 99.6 Å². The van der Waals surface area contributed by atoms with Gasteiger partial charge in [0, 0.05) is 0 Å². The minimum atomic E-state index is 0.766. The Morgan fingerprint density at radius 1 is 0.426 bits per heavy atom. The standard InChI is InChI=1S/C45H52O2/c1-13-17-36-23-21-28(5)42(32(36)9)46-44-30(7)25-38(40(19-15-3)34(44)11)27-39-26-31(8)45(35(12)41(39)20-16-4)47-43-29(6)22-24-37(18-14-2)33(43)10/h13-16,21-26H,1-4,17-20,27H2,5-12H3. The fourth-order valence-corrected chi connectivity index (χ4v) is 6.87. The van der Waals surface area contributed by atoms with Crippen molar-refractivity contribution in [2.75, 3.05) is 0 Å². The summed E-state index contributed by atoms with van der Waals surface area (Å²) in [5.41, 5.74) is 16.8. The predicted octanol–water partition coefficient (Wildman–Crippen LogP) is 12.2. The van der Waals surface area contributed by atoms with Crippen molar-refractivity contribution in [3.63, 3.8) is 0 Å². The van der Waals surface area contributed by atoms with Gasteiger partial charge < -0.3 is 9.47 Å². The van der Waals surface area contributed by atoms with Crippen LogP contribution in [-0.4, -0.2) is 0 Å². The largest absolute Gasteiger partial charge is 0.456 e. The van der Waals surface area contributed by atoms with Crippen molar-refractivity contribution in [1.82, 2.24) is 0 Å². The lowest BCUT2D eigenvalue weighted by atomic mass is 9.87. The molecule has 0 spiro atoms. The van der Waals surface area contributed by atoms with Crippen molar-refractivity contribution in [1.29, 1.82) is 0 Å². The third-order valence-electron chi connectivity index (χ3n) is 9.50. The molecule has 0 aliphatic carbocycles. The molecule has 4 aromatic carbocycles. The summed E-state index contributed by atoms with van der Waals surface area (Å²) in [6.07, 6.45) is 11.9. The van der Waals surface area contributed by atoms with Crippen LogP contribution < -0.4 is 9.47 Å². The van der Waals surface area contributed by atoms with Gasteiger partial charge in [-0.1, -0.05) is 60.7 Å². The van der Waals surface area contributed by atoms with Crippen LogP contribution in [-0.2, 0) is 32.1 Å². The van der Waals surface area contributed by atoms with Crippen LogP contribution in [0.4, 0.5) is 0 Å². The Kier molecular flexibility index (Phi) is 11.5. The number of benzene rings is 4. The second-order valence-corrected chi connectivity index (χ2v) is 12.9. The molecule has 0 saturated carbocycles. The maximum atomic E-state index is 6.79. The molecule has 0 unspecified atom stereocenters. The molecular weight excluding hydrogens is 572 g/mol. The van der Waals surface area contributed by atoms with E-state index in [0.29, 0.717) is 0 Å². The lowest BCUT2D eigenvalue weighted by molar-refractivity contribution is 0.466. The number of aryl methyl sites for hydroxylation is 4. The monoisotopic (exact) mass is 624 g/mol. The fraction of sp³-hybridized carbons (Fsp3) is 0.289. The van der Waals surface area contributed by atoms with Crippen LogP contribution in [0.25, 0.3) is 0 Å². The summed E-state index contributed by atoms with van der Waals surface area (Å²) in [5.74, 6) is 3.73. The number of hydrogen-bond donors (Lipinski definition) is 0. The van der Waals surface area contributed by atoms with Crippen molar-refractivity contribution in [3.05, 3.63) is 165 Å². The Morgan fingerprint density at radius 2 is 0.766 bits per heavy atom. The highest BCUT2D eigenvalue weighted by molar-refractivity contribution is 5.59. The summed E-state index contributed by atoms with van der Waals surface area (Å²) < 4.78 is 13.6. The molecule has 47 heavy (non-hydrogen) atoms. The van der Waals surface area contributed by atoms with Crippen molar-refractivity contribution in [2.45, 2.75) is 87.5 Å². The first kappa shape index (κ1) is 35.3. The summed E-state index contributed by atoms with van der Waals surface area (Å²) in [6, 6.07) is 13.3. The maximum Gasteiger partial charge on any atom is 0.133 e. The normalized spacial score (nSPS) is 10.9. The average Bonchev–Trinajstić information content (AvgIpc) is 3.03. The molecule has 0 fully saturated rings. The molecule has 2 nitrogen and oxygen atoms in total. The second kappa shape index (κ2) is 15.4. The van der Waals surface area contributed by atoms with Gasteiger partial charge in [0.2, 0.25) is 0 Å². The van der Waals surface area contributed by atoms with Gasteiger partial charge in [-0.2, -0.15) is 0 Å². The van der Waals surface area contributed by atoms with Crippen LogP contribution >= 0.6 is 0 Å². The zero-order chi connectivity index (χ0) is 34.4. The summed E-state index contributed by atoms with van der Waals surface area (Å²) in [6.45, 7) is 33.3. The van der Waals surface area contributed by atoms with Gasteiger partial charge in [-0.3, -0.25) is 0 Å². The van der Waals surface area contributed by atoms with E-state index in [4.69, 9.17) is 9.47 Å². The number of ether oxygens (including phenoxy) is 2. The van der Waals surface area contributed by atoms with E-state index >= 15 is 0 Å². The van der Waals surface area contributed by atoms with Gasteiger partial charge in [0.15, 0.2) is 0 Å². The minimum Gasteiger partial charge on any atom is -0.456 e. The molecule has 0 aliphatic heterocycles. The third-order valence-corrected chi connectivity index (χ3v) is 9.50. The van der Waals surface area contributed by atoms with E-state index in [1.54, 1.807) is 0 Å². The fourth-order valence-electron chi connectivity index (χ4n) is 6.87. The Bertz CT molecular complexity index is 1710. The molecule has 2 heteroatoms. The van der Waals surface area contributed by atoms with E-state index in [-0.39, 0.29) is 0 Å². The number of rotatable bonds is 14. The van der Waals surface area contributed by atoms with Crippen LogP contribution in [0.2, 0.25) is 0 Å². The third kappa shape index (κ3) is 7.38. The topological polar surface area (TPSA) is 18.5 Å². The van der Waals surface area contributed by atoms with Crippen LogP contribution in [0.5, 0.6) is 23.0 Å². The first-order valence-corrected chi connectivity index (χ1v) is 16.7. The molecule has 0 aliphatic rings. The molecule has 0 heterocycles. The van der Waals surface area contributed by atoms with E-state index in [9.17, 15) is 0 Å². The van der Waals surface area contributed by atoms with Crippen LogP contribution in [0, 0.1) is 55.4 Å². The molecule has 0 aromatic heterocycles. The molecule has 0 saturated heterocycles. The van der Waals surface area contributed by atoms with Gasteiger partial charge in [0.05, 0.1) is 0 Å². The Balaban J connectivity index is 1.80. The summed E-state index contributed by atoms with van der Waals surface area (Å²) in [4.78, 5) is 0. The molecule has 0 amide bonds. The zero-order valence-corrected chi connectivity index (χ0v) is 30.0. The summed E-state index contributed by atoms with van der Waals surface area (Å²) >= 11 is 0. The summed E-state index contributed by atoms with van der Waals surface area (Å²) in [5, 5.41) is 0. The Morgan fingerprint density at radius 3 is 1.11 bits per heavy atom. The highest BCUT2D eigenvalue weighted by Gasteiger charge is 2.21. The SMILES string of the molecule is C=CCc1ccc(C)c(Oc2c(C)cc(Cc3cc(C)c(Oc4c(C)ccc(CC=C)c4C)c(C)c3CC=C)c(CC=C)c2C)c1C. The van der Waals surface area contributed by atoms with E-state index < -0.39 is 0 Å². The maximum absolute atomic E-state index is 6.79. The molecular formula is C45H52O2. The van der Waals surface area contributed by atoms with Gasteiger partial charge in [-0.05, 0) is 165 Å². The minimum absolute atomic E-state index is 0.766. The van der Waals surface area contributed by atoms with Crippen LogP contribution in [0.15, 0.2) is 87.0 Å². The van der Waals surface area contributed by atoms with Crippen molar-refractivity contribution >= 4 is 0 Å². The first-order valence-electron chi connectivity index (χ1n) is 16.7. The van der Waals surface area contributed by atoms with Crippen molar-refractivity contribution in [2.24, 2.45) is 0 Å². The predicted molar refractivity (Wildman–Crippen MR) is 202 cm³/mol. The number of hydrogen-bond acceptors (Lipinski definition) is 2. The smallest absolute Gasteiger partial charge is 0.133 e. The van der Waals surface area contributed by atoms with Crippen LogP contribution in [0.3, 0.4) is 0 Å². The van der Waals surface area contributed by atoms with E-state index in [1.165, 1.54) is 33.4 Å². The second-order valence-electron chi connectivity index (χ2n) is 12.9. The zero-order valence-electron chi connectivity index (χ0n) is 30.0. The Hall–Kier alpha value is -4.56. The molecule has 0 atom stereocenters. The average molecular weight is 625 g/mol. The van der Waals surface area contributed by atoms with E-state index in [1.807, 2.05) is 24.3 Å². The highest BCUT2D eigenvalue weighted by atomic mass is 16.5. The molecule has 0 N–H and O–H groups in total. The molecule has 4 aromatic rings. The Labute approximate surface area is 284 Å².